The average Bonchev–Trinajstić information content (AvgIpc) is 2.32. The Morgan fingerprint density at radius 2 is 2.35 bits per heavy atom. The van der Waals surface area contributed by atoms with Gasteiger partial charge in [-0.2, -0.15) is 0 Å². The first-order valence-electron chi connectivity index (χ1n) is 5.02. The topological polar surface area (TPSA) is 34.9 Å². The minimum Gasteiger partial charge on any atom is -0.295 e. The van der Waals surface area contributed by atoms with Crippen molar-refractivity contribution in [2.45, 2.75) is 13.5 Å². The Kier molecular flexibility index (Phi) is 3.64. The number of hydrogen-bond donors (Lipinski definition) is 0. The SMILES string of the molecule is C/C(=C/Cl)Cn1cnc2cc(Br)ccc2c1=O. The number of halogens is 2. The van der Waals surface area contributed by atoms with Gasteiger partial charge in [-0.25, -0.2) is 4.98 Å². The maximum absolute atomic E-state index is 12.1. The number of aromatic nitrogens is 2. The Hall–Kier alpha value is -1.13. The van der Waals surface area contributed by atoms with Crippen LogP contribution in [0.4, 0.5) is 0 Å². The van der Waals surface area contributed by atoms with Crippen LogP contribution in [0.1, 0.15) is 6.92 Å². The Morgan fingerprint density at radius 1 is 1.59 bits per heavy atom. The summed E-state index contributed by atoms with van der Waals surface area (Å²) in [5.41, 5.74) is 3.01. The Labute approximate surface area is 112 Å². The number of fused-ring (bicyclic) bond motifs is 1. The van der Waals surface area contributed by atoms with Gasteiger partial charge in [-0.05, 0) is 30.7 Å². The molecule has 0 spiro atoms. The van der Waals surface area contributed by atoms with Crippen molar-refractivity contribution in [2.24, 2.45) is 0 Å². The van der Waals surface area contributed by atoms with Gasteiger partial charge in [0.25, 0.3) is 5.56 Å². The highest BCUT2D eigenvalue weighted by Crippen LogP contribution is 2.15. The van der Waals surface area contributed by atoms with Crippen LogP contribution in [0.25, 0.3) is 10.9 Å². The van der Waals surface area contributed by atoms with Crippen molar-refractivity contribution >= 4 is 38.4 Å². The Morgan fingerprint density at radius 3 is 3.06 bits per heavy atom. The van der Waals surface area contributed by atoms with Crippen molar-refractivity contribution in [2.75, 3.05) is 0 Å². The predicted molar refractivity (Wildman–Crippen MR) is 73.3 cm³/mol. The minimum absolute atomic E-state index is 0.0552. The van der Waals surface area contributed by atoms with Gasteiger partial charge in [0, 0.05) is 16.6 Å². The van der Waals surface area contributed by atoms with Crippen LogP contribution in [-0.2, 0) is 6.54 Å². The molecule has 0 aliphatic heterocycles. The fourth-order valence-electron chi connectivity index (χ4n) is 1.55. The van der Waals surface area contributed by atoms with E-state index in [1.807, 2.05) is 19.1 Å². The van der Waals surface area contributed by atoms with Gasteiger partial charge >= 0.3 is 0 Å². The van der Waals surface area contributed by atoms with E-state index in [4.69, 9.17) is 11.6 Å². The van der Waals surface area contributed by atoms with Crippen LogP contribution in [0.3, 0.4) is 0 Å². The molecule has 0 amide bonds. The minimum atomic E-state index is -0.0552. The van der Waals surface area contributed by atoms with E-state index in [-0.39, 0.29) is 5.56 Å². The molecule has 2 rings (SSSR count). The summed E-state index contributed by atoms with van der Waals surface area (Å²) >= 11 is 8.94. The summed E-state index contributed by atoms with van der Waals surface area (Å²) in [5.74, 6) is 0. The quantitative estimate of drug-likeness (QED) is 0.852. The molecule has 0 atom stereocenters. The highest BCUT2D eigenvalue weighted by molar-refractivity contribution is 9.10. The number of rotatable bonds is 2. The lowest BCUT2D eigenvalue weighted by molar-refractivity contribution is 0.737. The molecule has 0 unspecified atom stereocenters. The predicted octanol–water partition coefficient (Wildman–Crippen LogP) is 3.30. The molecule has 17 heavy (non-hydrogen) atoms. The van der Waals surface area contributed by atoms with Crippen LogP contribution >= 0.6 is 27.5 Å². The molecule has 5 heteroatoms. The lowest BCUT2D eigenvalue weighted by atomic mass is 10.2. The largest absolute Gasteiger partial charge is 0.295 e. The second-order valence-corrected chi connectivity index (χ2v) is 4.93. The first-order valence-corrected chi connectivity index (χ1v) is 6.25. The molecule has 0 fully saturated rings. The fraction of sp³-hybridized carbons (Fsp3) is 0.167. The highest BCUT2D eigenvalue weighted by atomic mass is 79.9. The van der Waals surface area contributed by atoms with E-state index >= 15 is 0 Å². The third-order valence-corrected chi connectivity index (χ3v) is 3.26. The highest BCUT2D eigenvalue weighted by Gasteiger charge is 2.04. The molecule has 0 saturated carbocycles. The molecule has 3 nitrogen and oxygen atoms in total. The first-order chi connectivity index (χ1) is 8.11. The van der Waals surface area contributed by atoms with Crippen molar-refractivity contribution in [1.82, 2.24) is 9.55 Å². The maximum atomic E-state index is 12.1. The second-order valence-electron chi connectivity index (χ2n) is 3.79. The smallest absolute Gasteiger partial charge is 0.261 e. The lowest BCUT2D eigenvalue weighted by Gasteiger charge is -2.06. The number of allylic oxidation sites excluding steroid dienone is 1. The van der Waals surface area contributed by atoms with Crippen LogP contribution in [0.2, 0.25) is 0 Å². The molecular formula is C12H10BrClN2O. The molecule has 0 aliphatic rings. The molecule has 2 aromatic rings. The van der Waals surface area contributed by atoms with Gasteiger partial charge in [0.05, 0.1) is 17.2 Å². The molecule has 1 aromatic heterocycles. The van der Waals surface area contributed by atoms with Gasteiger partial charge in [0.1, 0.15) is 0 Å². The summed E-state index contributed by atoms with van der Waals surface area (Å²) in [6.45, 7) is 2.33. The van der Waals surface area contributed by atoms with E-state index in [9.17, 15) is 4.79 Å². The van der Waals surface area contributed by atoms with Crippen molar-refractivity contribution < 1.29 is 0 Å². The standard InChI is InChI=1S/C12H10BrClN2O/c1-8(5-14)6-16-7-15-11-4-9(13)2-3-10(11)12(16)17/h2-5,7H,6H2,1H3/b8-5-. The van der Waals surface area contributed by atoms with E-state index in [0.717, 1.165) is 10.0 Å². The summed E-state index contributed by atoms with van der Waals surface area (Å²) in [5, 5.41) is 0.609. The van der Waals surface area contributed by atoms with Crippen LogP contribution in [0, 0.1) is 0 Å². The van der Waals surface area contributed by atoms with E-state index in [0.29, 0.717) is 17.4 Å². The number of nitrogens with zero attached hydrogens (tertiary/aromatic N) is 2. The van der Waals surface area contributed by atoms with Gasteiger partial charge in [-0.3, -0.25) is 9.36 Å². The molecule has 0 saturated heterocycles. The van der Waals surface area contributed by atoms with E-state index in [1.54, 1.807) is 17.0 Å². The van der Waals surface area contributed by atoms with Gasteiger partial charge in [-0.1, -0.05) is 27.5 Å². The fourth-order valence-corrected chi connectivity index (χ4v) is 1.97. The summed E-state index contributed by atoms with van der Waals surface area (Å²) in [6.07, 6.45) is 1.54. The van der Waals surface area contributed by atoms with E-state index in [1.165, 1.54) is 5.54 Å². The molecule has 0 N–H and O–H groups in total. The van der Waals surface area contributed by atoms with Gasteiger partial charge < -0.3 is 0 Å². The summed E-state index contributed by atoms with van der Waals surface area (Å²) in [4.78, 5) is 16.4. The third-order valence-electron chi connectivity index (χ3n) is 2.39. The van der Waals surface area contributed by atoms with Crippen LogP contribution in [0.15, 0.2) is 44.9 Å². The normalized spacial score (nSPS) is 12.1. The average molecular weight is 314 g/mol. The van der Waals surface area contributed by atoms with Crippen LogP contribution < -0.4 is 5.56 Å². The molecular weight excluding hydrogens is 304 g/mol. The van der Waals surface area contributed by atoms with E-state index < -0.39 is 0 Å². The van der Waals surface area contributed by atoms with Crippen molar-refractivity contribution in [3.05, 3.63) is 50.5 Å². The number of hydrogen-bond acceptors (Lipinski definition) is 2. The lowest BCUT2D eigenvalue weighted by Crippen LogP contribution is -2.21. The molecule has 0 radical (unpaired) electrons. The van der Waals surface area contributed by atoms with Gasteiger partial charge in [0.2, 0.25) is 0 Å². The third kappa shape index (κ3) is 2.58. The second kappa shape index (κ2) is 5.02. The monoisotopic (exact) mass is 312 g/mol. The zero-order valence-electron chi connectivity index (χ0n) is 9.15. The van der Waals surface area contributed by atoms with Crippen LogP contribution in [0.5, 0.6) is 0 Å². The summed E-state index contributed by atoms with van der Waals surface area (Å²) < 4.78 is 2.45. The Balaban J connectivity index is 2.58. The summed E-state index contributed by atoms with van der Waals surface area (Å²) in [6, 6.07) is 5.43. The Bertz CT molecular complexity index is 648. The molecule has 0 aliphatic carbocycles. The zero-order valence-corrected chi connectivity index (χ0v) is 11.5. The van der Waals surface area contributed by atoms with Gasteiger partial charge in [0.15, 0.2) is 0 Å². The molecule has 0 bridgehead atoms. The zero-order chi connectivity index (χ0) is 12.4. The van der Waals surface area contributed by atoms with E-state index in [2.05, 4.69) is 20.9 Å². The summed E-state index contributed by atoms with van der Waals surface area (Å²) in [7, 11) is 0. The van der Waals surface area contributed by atoms with Crippen molar-refractivity contribution in [1.29, 1.82) is 0 Å². The molecule has 1 aromatic carbocycles. The first kappa shape index (κ1) is 12.3. The van der Waals surface area contributed by atoms with Crippen LogP contribution in [-0.4, -0.2) is 9.55 Å². The molecule has 88 valence electrons. The maximum Gasteiger partial charge on any atom is 0.261 e. The van der Waals surface area contributed by atoms with Gasteiger partial charge in [-0.15, -0.1) is 0 Å². The molecule has 1 heterocycles. The number of benzene rings is 1. The van der Waals surface area contributed by atoms with Crippen molar-refractivity contribution in [3.8, 4) is 0 Å². The van der Waals surface area contributed by atoms with Crippen molar-refractivity contribution in [3.63, 3.8) is 0 Å².